The summed E-state index contributed by atoms with van der Waals surface area (Å²) in [4.78, 5) is 37.1. The van der Waals surface area contributed by atoms with E-state index >= 15 is 0 Å². The van der Waals surface area contributed by atoms with E-state index in [0.29, 0.717) is 18.8 Å². The van der Waals surface area contributed by atoms with Gasteiger partial charge in [-0.1, -0.05) is 0 Å². The Labute approximate surface area is 120 Å². The van der Waals surface area contributed by atoms with Crippen LogP contribution in [0.2, 0.25) is 0 Å². The van der Waals surface area contributed by atoms with Crippen molar-refractivity contribution in [3.8, 4) is 0 Å². The van der Waals surface area contributed by atoms with Crippen molar-refractivity contribution < 1.29 is 18.8 Å². The molecule has 0 spiro atoms. The van der Waals surface area contributed by atoms with Crippen LogP contribution in [0.5, 0.6) is 0 Å². The summed E-state index contributed by atoms with van der Waals surface area (Å²) in [5.74, 6) is -1.49. The first-order valence-corrected chi connectivity index (χ1v) is 6.34. The van der Waals surface area contributed by atoms with E-state index in [4.69, 9.17) is 5.73 Å². The molecular weight excluding hydrogens is 279 g/mol. The summed E-state index contributed by atoms with van der Waals surface area (Å²) in [6.45, 7) is 0.375. The molecule has 8 heteroatoms. The third kappa shape index (κ3) is 3.68. The Balaban J connectivity index is 1.93. The highest BCUT2D eigenvalue weighted by Gasteiger charge is 2.30. The second-order valence-electron chi connectivity index (χ2n) is 4.58. The van der Waals surface area contributed by atoms with Gasteiger partial charge in [-0.05, 0) is 24.3 Å². The van der Waals surface area contributed by atoms with Crippen LogP contribution in [0, 0.1) is 5.82 Å². The monoisotopic (exact) mass is 294 g/mol. The number of nitrogens with zero attached hydrogens (tertiary/aromatic N) is 2. The number of hydrogen-bond acceptors (Lipinski definition) is 3. The quantitative estimate of drug-likeness (QED) is 0.778. The zero-order valence-electron chi connectivity index (χ0n) is 11.2. The van der Waals surface area contributed by atoms with Crippen molar-refractivity contribution in [2.24, 2.45) is 5.73 Å². The molecule has 0 atom stereocenters. The van der Waals surface area contributed by atoms with Crippen molar-refractivity contribution in [3.63, 3.8) is 0 Å². The Hall–Kier alpha value is -2.64. The zero-order chi connectivity index (χ0) is 15.4. The van der Waals surface area contributed by atoms with Crippen molar-refractivity contribution in [1.82, 2.24) is 10.2 Å². The standard InChI is InChI=1S/C13H15FN4O3/c14-9-1-3-10(4-2-9)18-6-5-17(13(18)21)8-12(20)16-7-11(15)19/h1-4H,5-8H2,(H2,15,19)(H,16,20). The maximum atomic E-state index is 12.9. The van der Waals surface area contributed by atoms with Crippen LogP contribution in [0.15, 0.2) is 24.3 Å². The maximum absolute atomic E-state index is 12.9. The lowest BCUT2D eigenvalue weighted by atomic mass is 10.3. The number of halogens is 1. The van der Waals surface area contributed by atoms with Crippen LogP contribution in [0.1, 0.15) is 0 Å². The average Bonchev–Trinajstić information content (AvgIpc) is 2.79. The Morgan fingerprint density at radius 3 is 2.52 bits per heavy atom. The van der Waals surface area contributed by atoms with E-state index in [-0.39, 0.29) is 24.9 Å². The normalized spacial score (nSPS) is 14.4. The van der Waals surface area contributed by atoms with E-state index in [2.05, 4.69) is 5.32 Å². The number of carbonyl (C=O) groups excluding carboxylic acids is 3. The number of urea groups is 1. The summed E-state index contributed by atoms with van der Waals surface area (Å²) >= 11 is 0. The van der Waals surface area contributed by atoms with Gasteiger partial charge in [0.15, 0.2) is 0 Å². The van der Waals surface area contributed by atoms with Crippen molar-refractivity contribution in [1.29, 1.82) is 0 Å². The molecular formula is C13H15FN4O3. The van der Waals surface area contributed by atoms with Crippen LogP contribution < -0.4 is 16.0 Å². The van der Waals surface area contributed by atoms with Gasteiger partial charge >= 0.3 is 6.03 Å². The second-order valence-corrected chi connectivity index (χ2v) is 4.58. The molecule has 0 bridgehead atoms. The van der Waals surface area contributed by atoms with E-state index in [1.165, 1.54) is 34.1 Å². The molecule has 0 radical (unpaired) electrons. The molecule has 0 aliphatic carbocycles. The number of benzene rings is 1. The molecule has 1 aromatic rings. The topological polar surface area (TPSA) is 95.7 Å². The molecule has 1 aliphatic heterocycles. The van der Waals surface area contributed by atoms with Gasteiger partial charge in [-0.25, -0.2) is 9.18 Å². The largest absolute Gasteiger partial charge is 0.368 e. The Kier molecular flexibility index (Phi) is 4.36. The highest BCUT2D eigenvalue weighted by Crippen LogP contribution is 2.20. The zero-order valence-corrected chi connectivity index (χ0v) is 11.2. The fourth-order valence-corrected chi connectivity index (χ4v) is 2.00. The summed E-state index contributed by atoms with van der Waals surface area (Å²) in [5.41, 5.74) is 5.48. The number of nitrogens with one attached hydrogen (secondary N) is 1. The second kappa shape index (κ2) is 6.21. The van der Waals surface area contributed by atoms with Crippen LogP contribution in [0.25, 0.3) is 0 Å². The number of hydrogen-bond donors (Lipinski definition) is 2. The number of anilines is 1. The molecule has 2 rings (SSSR count). The molecule has 4 amide bonds. The lowest BCUT2D eigenvalue weighted by Crippen LogP contribution is -2.42. The first-order valence-electron chi connectivity index (χ1n) is 6.34. The maximum Gasteiger partial charge on any atom is 0.325 e. The first kappa shape index (κ1) is 14.8. The molecule has 1 heterocycles. The van der Waals surface area contributed by atoms with Crippen LogP contribution in [0.3, 0.4) is 0 Å². The van der Waals surface area contributed by atoms with E-state index in [1.807, 2.05) is 0 Å². The SMILES string of the molecule is NC(=O)CNC(=O)CN1CCN(c2ccc(F)cc2)C1=O. The summed E-state index contributed by atoms with van der Waals surface area (Å²) in [7, 11) is 0. The van der Waals surface area contributed by atoms with Gasteiger partial charge in [0.05, 0.1) is 6.54 Å². The Morgan fingerprint density at radius 1 is 1.24 bits per heavy atom. The van der Waals surface area contributed by atoms with Gasteiger partial charge in [-0.3, -0.25) is 14.5 Å². The van der Waals surface area contributed by atoms with Crippen LogP contribution in [0.4, 0.5) is 14.9 Å². The van der Waals surface area contributed by atoms with Gasteiger partial charge in [0.25, 0.3) is 0 Å². The average molecular weight is 294 g/mol. The third-order valence-electron chi connectivity index (χ3n) is 3.03. The summed E-state index contributed by atoms with van der Waals surface area (Å²) in [6.07, 6.45) is 0. The highest BCUT2D eigenvalue weighted by molar-refractivity contribution is 5.96. The van der Waals surface area contributed by atoms with Gasteiger partial charge in [-0.2, -0.15) is 0 Å². The molecule has 0 saturated carbocycles. The van der Waals surface area contributed by atoms with E-state index in [1.54, 1.807) is 0 Å². The fourth-order valence-electron chi connectivity index (χ4n) is 2.00. The Bertz CT molecular complexity index is 561. The summed E-state index contributed by atoms with van der Waals surface area (Å²) in [6, 6.07) is 5.21. The molecule has 112 valence electrons. The van der Waals surface area contributed by atoms with Crippen LogP contribution in [-0.2, 0) is 9.59 Å². The minimum absolute atomic E-state index is 0.149. The van der Waals surface area contributed by atoms with E-state index in [9.17, 15) is 18.8 Å². The lowest BCUT2D eigenvalue weighted by molar-refractivity contribution is -0.125. The number of nitrogens with two attached hydrogens (primary N) is 1. The molecule has 21 heavy (non-hydrogen) atoms. The minimum Gasteiger partial charge on any atom is -0.368 e. The summed E-state index contributed by atoms with van der Waals surface area (Å²) < 4.78 is 12.9. The number of rotatable bonds is 5. The number of primary amides is 1. The Morgan fingerprint density at radius 2 is 1.90 bits per heavy atom. The molecule has 7 nitrogen and oxygen atoms in total. The van der Waals surface area contributed by atoms with Crippen molar-refractivity contribution in [2.45, 2.75) is 0 Å². The predicted molar refractivity (Wildman–Crippen MR) is 72.9 cm³/mol. The van der Waals surface area contributed by atoms with Crippen molar-refractivity contribution in [3.05, 3.63) is 30.1 Å². The van der Waals surface area contributed by atoms with E-state index < -0.39 is 11.8 Å². The lowest BCUT2D eigenvalue weighted by Gasteiger charge is -2.18. The van der Waals surface area contributed by atoms with Gasteiger partial charge in [-0.15, -0.1) is 0 Å². The molecule has 1 aromatic carbocycles. The predicted octanol–water partition coefficient (Wildman–Crippen LogP) is -0.331. The van der Waals surface area contributed by atoms with Gasteiger partial charge in [0, 0.05) is 18.8 Å². The van der Waals surface area contributed by atoms with Crippen molar-refractivity contribution >= 4 is 23.5 Å². The first-order chi connectivity index (χ1) is 9.97. The fraction of sp³-hybridized carbons (Fsp3) is 0.308. The molecule has 1 aliphatic rings. The smallest absolute Gasteiger partial charge is 0.325 e. The van der Waals surface area contributed by atoms with Crippen LogP contribution >= 0.6 is 0 Å². The molecule has 1 fully saturated rings. The van der Waals surface area contributed by atoms with Crippen LogP contribution in [-0.4, -0.2) is 48.9 Å². The highest BCUT2D eigenvalue weighted by atomic mass is 19.1. The van der Waals surface area contributed by atoms with Gasteiger partial charge in [0.2, 0.25) is 11.8 Å². The van der Waals surface area contributed by atoms with Gasteiger partial charge in [0.1, 0.15) is 12.4 Å². The molecule has 0 unspecified atom stereocenters. The molecule has 1 saturated heterocycles. The van der Waals surface area contributed by atoms with Crippen molar-refractivity contribution in [2.75, 3.05) is 31.1 Å². The molecule has 3 N–H and O–H groups in total. The third-order valence-corrected chi connectivity index (χ3v) is 3.03. The summed E-state index contributed by atoms with van der Waals surface area (Å²) in [5, 5.41) is 2.32. The number of carbonyl (C=O) groups is 3. The van der Waals surface area contributed by atoms with E-state index in [0.717, 1.165) is 0 Å². The number of amides is 4. The minimum atomic E-state index is -0.649. The van der Waals surface area contributed by atoms with Gasteiger partial charge < -0.3 is 16.0 Å². The molecule has 0 aromatic heterocycles.